The summed E-state index contributed by atoms with van der Waals surface area (Å²) in [5.41, 5.74) is 0.403. The predicted molar refractivity (Wildman–Crippen MR) is 86.4 cm³/mol. The van der Waals surface area contributed by atoms with Gasteiger partial charge >= 0.3 is 5.97 Å². The lowest BCUT2D eigenvalue weighted by atomic mass is 10.1. The van der Waals surface area contributed by atoms with E-state index in [1.165, 1.54) is 10.8 Å². The molecule has 0 atom stereocenters. The minimum Gasteiger partial charge on any atom is -0.460 e. The Hall–Kier alpha value is -1.78. The molecule has 0 aliphatic rings. The van der Waals surface area contributed by atoms with Gasteiger partial charge in [-0.2, -0.15) is 0 Å². The fourth-order valence-corrected chi connectivity index (χ4v) is 2.45. The Morgan fingerprint density at radius 1 is 1.14 bits per heavy atom. The molecule has 0 bridgehead atoms. The number of carbonyl (C=O) groups is 1. The zero-order valence-electron chi connectivity index (χ0n) is 12.0. The van der Waals surface area contributed by atoms with E-state index < -0.39 is 0 Å². The first kappa shape index (κ1) is 15.6. The number of thioether (sulfide) groups is 1. The van der Waals surface area contributed by atoms with Gasteiger partial charge in [-0.05, 0) is 29.8 Å². The molecule has 2 rings (SSSR count). The third-order valence-corrected chi connectivity index (χ3v) is 3.71. The van der Waals surface area contributed by atoms with Crippen LogP contribution >= 0.6 is 11.8 Å². The zero-order chi connectivity index (χ0) is 15.1. The van der Waals surface area contributed by atoms with Crippen LogP contribution in [0, 0.1) is 0 Å². The van der Waals surface area contributed by atoms with Crippen LogP contribution in [0.3, 0.4) is 0 Å². The quantitative estimate of drug-likeness (QED) is 0.254. The molecule has 0 unspecified atom stereocenters. The van der Waals surface area contributed by atoms with Crippen molar-refractivity contribution in [1.82, 2.24) is 0 Å². The number of hydrogen-bond acceptors (Lipinski definition) is 4. The molecule has 0 fully saturated rings. The van der Waals surface area contributed by atoms with Crippen LogP contribution in [0.15, 0.2) is 59.5 Å². The highest BCUT2D eigenvalue weighted by atomic mass is 32.2. The van der Waals surface area contributed by atoms with Gasteiger partial charge in [-0.1, -0.05) is 48.7 Å². The van der Waals surface area contributed by atoms with Crippen molar-refractivity contribution in [2.24, 2.45) is 0 Å². The average molecular weight is 302 g/mol. The fraction of sp³-hybridized carbons (Fsp3) is 0.235. The van der Waals surface area contributed by atoms with Gasteiger partial charge in [0.1, 0.15) is 6.61 Å². The first-order chi connectivity index (χ1) is 10.2. The second-order valence-electron chi connectivity index (χ2n) is 4.60. The van der Waals surface area contributed by atoms with Crippen LogP contribution in [-0.2, 0) is 14.3 Å². The molecule has 4 heteroatoms. The summed E-state index contributed by atoms with van der Waals surface area (Å²) < 4.78 is 10.4. The fourth-order valence-electron chi connectivity index (χ4n) is 1.74. The Balaban J connectivity index is 1.70. The molecule has 3 nitrogen and oxygen atoms in total. The lowest BCUT2D eigenvalue weighted by Gasteiger charge is -2.06. The van der Waals surface area contributed by atoms with Crippen molar-refractivity contribution in [3.05, 3.63) is 54.6 Å². The van der Waals surface area contributed by atoms with Crippen LogP contribution in [0.5, 0.6) is 0 Å². The zero-order valence-corrected chi connectivity index (χ0v) is 12.8. The van der Waals surface area contributed by atoms with Gasteiger partial charge in [0.05, 0.1) is 12.5 Å². The molecule has 0 radical (unpaired) electrons. The molecule has 0 saturated carbocycles. The van der Waals surface area contributed by atoms with Crippen molar-refractivity contribution in [3.63, 3.8) is 0 Å². The summed E-state index contributed by atoms with van der Waals surface area (Å²) in [6.45, 7) is 5.78. The Labute approximate surface area is 128 Å². The summed E-state index contributed by atoms with van der Waals surface area (Å²) in [5.74, 6) is 0.156. The van der Waals surface area contributed by atoms with Gasteiger partial charge in [-0.15, -0.1) is 0 Å². The summed E-state index contributed by atoms with van der Waals surface area (Å²) in [7, 11) is 0. The van der Waals surface area contributed by atoms with Gasteiger partial charge in [0.25, 0.3) is 0 Å². The lowest BCUT2D eigenvalue weighted by Crippen LogP contribution is -2.10. The van der Waals surface area contributed by atoms with Gasteiger partial charge in [0.15, 0.2) is 0 Å². The molecule has 21 heavy (non-hydrogen) atoms. The molecule has 0 aromatic heterocycles. The normalized spacial score (nSPS) is 10.5. The van der Waals surface area contributed by atoms with E-state index in [-0.39, 0.29) is 12.6 Å². The Morgan fingerprint density at radius 2 is 1.90 bits per heavy atom. The maximum atomic E-state index is 11.1. The molecule has 0 aliphatic carbocycles. The van der Waals surface area contributed by atoms with Crippen molar-refractivity contribution in [1.29, 1.82) is 0 Å². The van der Waals surface area contributed by atoms with Crippen LogP contribution in [0.4, 0.5) is 0 Å². The summed E-state index contributed by atoms with van der Waals surface area (Å²) in [4.78, 5) is 12.3. The Kier molecular flexibility index (Phi) is 5.84. The first-order valence-corrected chi connectivity index (χ1v) is 7.67. The topological polar surface area (TPSA) is 35.5 Å². The van der Waals surface area contributed by atoms with Gasteiger partial charge in [0.2, 0.25) is 0 Å². The summed E-state index contributed by atoms with van der Waals surface area (Å²) >= 11 is 1.62. The van der Waals surface area contributed by atoms with Crippen LogP contribution in [0.25, 0.3) is 10.8 Å². The number of carbonyl (C=O) groups excluding carboxylic acids is 1. The Bertz CT molecular complexity index is 637. The maximum absolute atomic E-state index is 11.1. The maximum Gasteiger partial charge on any atom is 0.333 e. The number of rotatable bonds is 7. The van der Waals surface area contributed by atoms with E-state index >= 15 is 0 Å². The molecule has 0 N–H and O–H groups in total. The highest BCUT2D eigenvalue weighted by Crippen LogP contribution is 2.23. The molecule has 0 amide bonds. The highest BCUT2D eigenvalue weighted by molar-refractivity contribution is 7.99. The van der Waals surface area contributed by atoms with Crippen molar-refractivity contribution < 1.29 is 14.3 Å². The second-order valence-corrected chi connectivity index (χ2v) is 5.59. The van der Waals surface area contributed by atoms with Crippen LogP contribution < -0.4 is 0 Å². The van der Waals surface area contributed by atoms with Crippen LogP contribution in [0.2, 0.25) is 0 Å². The van der Waals surface area contributed by atoms with E-state index in [2.05, 4.69) is 36.9 Å². The molecule has 0 spiro atoms. The number of ether oxygens (including phenoxy) is 2. The second kappa shape index (κ2) is 7.86. The van der Waals surface area contributed by atoms with Gasteiger partial charge in [-0.3, -0.25) is 0 Å². The van der Waals surface area contributed by atoms with E-state index in [0.29, 0.717) is 18.1 Å². The monoisotopic (exact) mass is 302 g/mol. The number of fused-ring (bicyclic) bond motifs is 1. The molecular weight excluding hydrogens is 284 g/mol. The van der Waals surface area contributed by atoms with Gasteiger partial charge < -0.3 is 9.47 Å². The summed E-state index contributed by atoms with van der Waals surface area (Å²) in [5, 5.41) is 2.45. The number of esters is 1. The van der Waals surface area contributed by atoms with Crippen molar-refractivity contribution >= 4 is 28.5 Å². The molecular formula is C17H18O3S. The standard InChI is InChI=1S/C17H18O3S/c1-13(2)17(18)20-10-9-19-12-21-16-8-7-14-5-3-4-6-15(14)11-16/h3-8,11H,1,9-10,12H2,2H3. The summed E-state index contributed by atoms with van der Waals surface area (Å²) in [6, 6.07) is 14.6. The predicted octanol–water partition coefficient (Wildman–Crippen LogP) is 4.03. The van der Waals surface area contributed by atoms with Crippen LogP contribution in [-0.4, -0.2) is 25.1 Å². The average Bonchev–Trinajstić information content (AvgIpc) is 2.50. The third kappa shape index (κ3) is 4.92. The van der Waals surface area contributed by atoms with E-state index in [1.807, 2.05) is 12.1 Å². The molecule has 2 aromatic carbocycles. The number of hydrogen-bond donors (Lipinski definition) is 0. The molecule has 0 saturated heterocycles. The molecule has 0 heterocycles. The smallest absolute Gasteiger partial charge is 0.333 e. The van der Waals surface area contributed by atoms with E-state index in [9.17, 15) is 4.79 Å². The first-order valence-electron chi connectivity index (χ1n) is 6.69. The molecule has 2 aromatic rings. The van der Waals surface area contributed by atoms with Crippen LogP contribution in [0.1, 0.15) is 6.92 Å². The van der Waals surface area contributed by atoms with Gasteiger partial charge in [-0.25, -0.2) is 4.79 Å². The molecule has 0 aliphatic heterocycles. The van der Waals surface area contributed by atoms with Gasteiger partial charge in [0, 0.05) is 10.5 Å². The minimum atomic E-state index is -0.374. The summed E-state index contributed by atoms with van der Waals surface area (Å²) in [6.07, 6.45) is 0. The molecule has 110 valence electrons. The van der Waals surface area contributed by atoms with E-state index in [1.54, 1.807) is 18.7 Å². The lowest BCUT2D eigenvalue weighted by molar-refractivity contribution is -0.140. The van der Waals surface area contributed by atoms with E-state index in [0.717, 1.165) is 4.90 Å². The minimum absolute atomic E-state index is 0.254. The highest BCUT2D eigenvalue weighted by Gasteiger charge is 2.02. The van der Waals surface area contributed by atoms with Crippen molar-refractivity contribution in [3.8, 4) is 0 Å². The SMILES string of the molecule is C=C(C)C(=O)OCCOCSc1ccc2ccccc2c1. The third-order valence-electron chi connectivity index (χ3n) is 2.84. The largest absolute Gasteiger partial charge is 0.460 e. The number of benzene rings is 2. The van der Waals surface area contributed by atoms with E-state index in [4.69, 9.17) is 9.47 Å². The van der Waals surface area contributed by atoms with Crippen molar-refractivity contribution in [2.45, 2.75) is 11.8 Å². The van der Waals surface area contributed by atoms with Crippen molar-refractivity contribution in [2.75, 3.05) is 19.2 Å². The Morgan fingerprint density at radius 3 is 2.67 bits per heavy atom.